The van der Waals surface area contributed by atoms with E-state index < -0.39 is 0 Å². The van der Waals surface area contributed by atoms with Crippen molar-refractivity contribution in [3.8, 4) is 5.88 Å². The Morgan fingerprint density at radius 3 is 2.84 bits per heavy atom. The number of likely N-dealkylation sites (tertiary alicyclic amines) is 1. The van der Waals surface area contributed by atoms with Gasteiger partial charge in [-0.1, -0.05) is 6.07 Å². The standard InChI is InChI=1S/C19H25N5O/c1-2-11-23(10-1)12-4-14-25-19-7-6-16-15-24(13-8-17(16)21-19)18-5-3-9-20-22-18/h3,5-7,9H,1-2,4,8,10-15H2. The molecule has 4 rings (SSSR count). The van der Waals surface area contributed by atoms with Crippen LogP contribution >= 0.6 is 0 Å². The molecule has 2 aromatic heterocycles. The topological polar surface area (TPSA) is 54.4 Å². The molecule has 0 bridgehead atoms. The lowest BCUT2D eigenvalue weighted by Gasteiger charge is -2.28. The Hall–Kier alpha value is -2.21. The van der Waals surface area contributed by atoms with E-state index in [1.807, 2.05) is 18.2 Å². The average Bonchev–Trinajstić information content (AvgIpc) is 3.19. The van der Waals surface area contributed by atoms with Gasteiger partial charge >= 0.3 is 0 Å². The largest absolute Gasteiger partial charge is 0.478 e. The lowest BCUT2D eigenvalue weighted by Crippen LogP contribution is -2.31. The zero-order valence-electron chi connectivity index (χ0n) is 14.6. The molecule has 0 unspecified atom stereocenters. The molecule has 0 aliphatic carbocycles. The zero-order chi connectivity index (χ0) is 16.9. The highest BCUT2D eigenvalue weighted by molar-refractivity contribution is 5.42. The summed E-state index contributed by atoms with van der Waals surface area (Å²) in [7, 11) is 0. The fourth-order valence-electron chi connectivity index (χ4n) is 3.61. The highest BCUT2D eigenvalue weighted by Crippen LogP contribution is 2.23. The van der Waals surface area contributed by atoms with Gasteiger partial charge in [-0.3, -0.25) is 0 Å². The van der Waals surface area contributed by atoms with Crippen LogP contribution < -0.4 is 9.64 Å². The third-order valence-electron chi connectivity index (χ3n) is 4.97. The Labute approximate surface area is 148 Å². The summed E-state index contributed by atoms with van der Waals surface area (Å²) in [6, 6.07) is 8.06. The van der Waals surface area contributed by atoms with Gasteiger partial charge in [0.25, 0.3) is 0 Å². The second-order valence-corrected chi connectivity index (χ2v) is 6.76. The van der Waals surface area contributed by atoms with Crippen molar-refractivity contribution in [1.29, 1.82) is 0 Å². The smallest absolute Gasteiger partial charge is 0.213 e. The van der Waals surface area contributed by atoms with Gasteiger partial charge in [0.15, 0.2) is 5.82 Å². The Kier molecular flexibility index (Phi) is 5.06. The van der Waals surface area contributed by atoms with E-state index in [2.05, 4.69) is 26.1 Å². The molecule has 0 spiro atoms. The number of aromatic nitrogens is 3. The second kappa shape index (κ2) is 7.78. The molecule has 0 radical (unpaired) electrons. The minimum absolute atomic E-state index is 0.744. The van der Waals surface area contributed by atoms with Gasteiger partial charge in [0.1, 0.15) is 0 Å². The summed E-state index contributed by atoms with van der Waals surface area (Å²) in [6.07, 6.45) is 6.38. The number of hydrogen-bond donors (Lipinski definition) is 0. The first kappa shape index (κ1) is 16.3. The number of fused-ring (bicyclic) bond motifs is 1. The summed E-state index contributed by atoms with van der Waals surface area (Å²) < 4.78 is 5.87. The fourth-order valence-corrected chi connectivity index (χ4v) is 3.61. The first-order valence-corrected chi connectivity index (χ1v) is 9.25. The summed E-state index contributed by atoms with van der Waals surface area (Å²) in [5, 5.41) is 8.17. The molecule has 2 aliphatic rings. The van der Waals surface area contributed by atoms with Crippen molar-refractivity contribution in [3.63, 3.8) is 0 Å². The van der Waals surface area contributed by atoms with Crippen LogP contribution in [0.25, 0.3) is 0 Å². The highest BCUT2D eigenvalue weighted by atomic mass is 16.5. The van der Waals surface area contributed by atoms with Gasteiger partial charge in [-0.05, 0) is 50.0 Å². The minimum atomic E-state index is 0.744. The van der Waals surface area contributed by atoms with Gasteiger partial charge in [0, 0.05) is 38.3 Å². The van der Waals surface area contributed by atoms with Crippen LogP contribution in [0, 0.1) is 0 Å². The van der Waals surface area contributed by atoms with E-state index in [4.69, 9.17) is 9.72 Å². The number of rotatable bonds is 6. The van der Waals surface area contributed by atoms with Crippen molar-refractivity contribution in [1.82, 2.24) is 20.1 Å². The lowest BCUT2D eigenvalue weighted by atomic mass is 10.1. The van der Waals surface area contributed by atoms with E-state index in [0.717, 1.165) is 56.5 Å². The third-order valence-corrected chi connectivity index (χ3v) is 4.97. The Balaban J connectivity index is 1.30. The molecule has 2 aliphatic heterocycles. The van der Waals surface area contributed by atoms with Gasteiger partial charge in [-0.25, -0.2) is 4.98 Å². The maximum Gasteiger partial charge on any atom is 0.213 e. The molecule has 0 saturated carbocycles. The molecule has 6 heteroatoms. The second-order valence-electron chi connectivity index (χ2n) is 6.76. The van der Waals surface area contributed by atoms with E-state index in [9.17, 15) is 0 Å². The summed E-state index contributed by atoms with van der Waals surface area (Å²) in [4.78, 5) is 9.47. The van der Waals surface area contributed by atoms with Crippen molar-refractivity contribution in [2.75, 3.05) is 37.7 Å². The van der Waals surface area contributed by atoms with E-state index in [1.165, 1.54) is 31.5 Å². The SMILES string of the molecule is c1cnnc(N2CCc3nc(OCCCN4CCCC4)ccc3C2)c1. The maximum atomic E-state index is 5.87. The molecule has 25 heavy (non-hydrogen) atoms. The highest BCUT2D eigenvalue weighted by Gasteiger charge is 2.19. The van der Waals surface area contributed by atoms with Crippen molar-refractivity contribution in [2.45, 2.75) is 32.2 Å². The molecule has 0 amide bonds. The first-order valence-electron chi connectivity index (χ1n) is 9.25. The number of ether oxygens (including phenoxy) is 1. The summed E-state index contributed by atoms with van der Waals surface area (Å²) in [5.74, 6) is 1.68. The molecule has 6 nitrogen and oxygen atoms in total. The van der Waals surface area contributed by atoms with Crippen LogP contribution in [0.1, 0.15) is 30.5 Å². The molecule has 0 aromatic carbocycles. The van der Waals surface area contributed by atoms with Crippen LogP contribution in [0.15, 0.2) is 30.5 Å². The van der Waals surface area contributed by atoms with E-state index in [-0.39, 0.29) is 0 Å². The quantitative estimate of drug-likeness (QED) is 0.753. The molecular formula is C19H25N5O. The lowest BCUT2D eigenvalue weighted by molar-refractivity contribution is 0.256. The predicted octanol–water partition coefficient (Wildman–Crippen LogP) is 2.30. The monoisotopic (exact) mass is 339 g/mol. The molecular weight excluding hydrogens is 314 g/mol. The van der Waals surface area contributed by atoms with Gasteiger partial charge in [-0.2, -0.15) is 5.10 Å². The van der Waals surface area contributed by atoms with Gasteiger partial charge in [-0.15, -0.1) is 5.10 Å². The van der Waals surface area contributed by atoms with Crippen LogP contribution in [0.4, 0.5) is 5.82 Å². The van der Waals surface area contributed by atoms with Gasteiger partial charge in [0.05, 0.1) is 12.3 Å². The fraction of sp³-hybridized carbons (Fsp3) is 0.526. The third kappa shape index (κ3) is 4.07. The predicted molar refractivity (Wildman–Crippen MR) is 96.8 cm³/mol. The maximum absolute atomic E-state index is 5.87. The Morgan fingerprint density at radius 2 is 2.00 bits per heavy atom. The first-order chi connectivity index (χ1) is 12.4. The normalized spacial score (nSPS) is 17.5. The van der Waals surface area contributed by atoms with Crippen LogP contribution in [0.2, 0.25) is 0 Å². The molecule has 0 atom stereocenters. The van der Waals surface area contributed by atoms with Gasteiger partial charge < -0.3 is 14.5 Å². The number of hydrogen-bond acceptors (Lipinski definition) is 6. The summed E-state index contributed by atoms with van der Waals surface area (Å²) in [6.45, 7) is 6.12. The average molecular weight is 339 g/mol. The number of nitrogens with zero attached hydrogens (tertiary/aromatic N) is 5. The Morgan fingerprint density at radius 1 is 1.08 bits per heavy atom. The van der Waals surface area contributed by atoms with E-state index in [0.29, 0.717) is 0 Å². The summed E-state index contributed by atoms with van der Waals surface area (Å²) in [5.41, 5.74) is 2.40. The van der Waals surface area contributed by atoms with Crippen LogP contribution in [0.5, 0.6) is 5.88 Å². The summed E-state index contributed by atoms with van der Waals surface area (Å²) >= 11 is 0. The molecule has 132 valence electrons. The number of pyridine rings is 1. The van der Waals surface area contributed by atoms with E-state index >= 15 is 0 Å². The molecule has 1 fully saturated rings. The van der Waals surface area contributed by atoms with Crippen LogP contribution in [0.3, 0.4) is 0 Å². The minimum Gasteiger partial charge on any atom is -0.478 e. The molecule has 1 saturated heterocycles. The Bertz CT molecular complexity index is 687. The number of anilines is 1. The zero-order valence-corrected chi connectivity index (χ0v) is 14.6. The van der Waals surface area contributed by atoms with Crippen molar-refractivity contribution in [2.24, 2.45) is 0 Å². The van der Waals surface area contributed by atoms with Crippen LogP contribution in [-0.2, 0) is 13.0 Å². The van der Waals surface area contributed by atoms with Gasteiger partial charge in [0.2, 0.25) is 5.88 Å². The van der Waals surface area contributed by atoms with Crippen molar-refractivity contribution in [3.05, 3.63) is 41.7 Å². The molecule has 0 N–H and O–H groups in total. The van der Waals surface area contributed by atoms with E-state index in [1.54, 1.807) is 6.20 Å². The molecule has 2 aromatic rings. The molecule has 4 heterocycles. The van der Waals surface area contributed by atoms with Crippen molar-refractivity contribution < 1.29 is 4.74 Å². The van der Waals surface area contributed by atoms with Crippen LogP contribution in [-0.4, -0.2) is 52.9 Å². The van der Waals surface area contributed by atoms with Crippen molar-refractivity contribution >= 4 is 5.82 Å².